The molecule has 3 heteroatoms. The van der Waals surface area contributed by atoms with Gasteiger partial charge in [-0.1, -0.05) is 24.3 Å². The van der Waals surface area contributed by atoms with E-state index in [0.29, 0.717) is 6.42 Å². The molecule has 0 spiro atoms. The molecule has 2 atom stereocenters. The number of aliphatic hydroxyl groups is 1. The number of rotatable bonds is 3. The van der Waals surface area contributed by atoms with Crippen LogP contribution in [0.5, 0.6) is 0 Å². The monoisotopic (exact) mass is 260 g/mol. The summed E-state index contributed by atoms with van der Waals surface area (Å²) in [6, 6.07) is 8.39. The van der Waals surface area contributed by atoms with E-state index in [1.54, 1.807) is 0 Å². The molecule has 19 heavy (non-hydrogen) atoms. The minimum atomic E-state index is -0.811. The van der Waals surface area contributed by atoms with E-state index < -0.39 is 11.6 Å². The van der Waals surface area contributed by atoms with Gasteiger partial charge < -0.3 is 10.2 Å². The minimum absolute atomic E-state index is 0.0693. The quantitative estimate of drug-likeness (QED) is 0.877. The lowest BCUT2D eigenvalue weighted by atomic mass is 9.79. The molecule has 3 rings (SSSR count). The van der Waals surface area contributed by atoms with Crippen LogP contribution in [0.1, 0.15) is 36.8 Å². The van der Waals surface area contributed by atoms with Gasteiger partial charge in [0.05, 0.1) is 5.60 Å². The van der Waals surface area contributed by atoms with Crippen LogP contribution in [0.2, 0.25) is 0 Å². The second kappa shape index (κ2) is 4.64. The van der Waals surface area contributed by atoms with Gasteiger partial charge in [0.25, 0.3) is 0 Å². The maximum Gasteiger partial charge on any atom is 0.303 e. The molecule has 1 aromatic rings. The van der Waals surface area contributed by atoms with Crippen LogP contribution in [-0.2, 0) is 17.6 Å². The minimum Gasteiger partial charge on any atom is -0.481 e. The molecule has 1 fully saturated rings. The first-order valence-electron chi connectivity index (χ1n) is 7.10. The van der Waals surface area contributed by atoms with Crippen molar-refractivity contribution in [3.05, 3.63) is 35.4 Å². The highest BCUT2D eigenvalue weighted by molar-refractivity contribution is 5.66. The number of aliphatic carboxylic acids is 1. The lowest BCUT2D eigenvalue weighted by molar-refractivity contribution is -0.139. The number of carboxylic acid groups (broad SMARTS) is 1. The fourth-order valence-corrected chi connectivity index (χ4v) is 4.00. The van der Waals surface area contributed by atoms with Crippen molar-refractivity contribution in [3.8, 4) is 0 Å². The second-order valence-electron chi connectivity index (χ2n) is 6.03. The van der Waals surface area contributed by atoms with Crippen LogP contribution < -0.4 is 0 Å². The van der Waals surface area contributed by atoms with Gasteiger partial charge in [0.15, 0.2) is 0 Å². The predicted octanol–water partition coefficient (Wildman–Crippen LogP) is 2.41. The van der Waals surface area contributed by atoms with Crippen molar-refractivity contribution in [1.29, 1.82) is 0 Å². The zero-order valence-corrected chi connectivity index (χ0v) is 11.0. The average molecular weight is 260 g/mol. The van der Waals surface area contributed by atoms with Crippen molar-refractivity contribution >= 4 is 5.97 Å². The molecule has 0 aliphatic heterocycles. The molecule has 2 aliphatic carbocycles. The molecule has 0 heterocycles. The summed E-state index contributed by atoms with van der Waals surface area (Å²) in [7, 11) is 0. The molecule has 2 N–H and O–H groups in total. The number of carbonyl (C=O) groups is 1. The summed E-state index contributed by atoms with van der Waals surface area (Å²) < 4.78 is 0. The summed E-state index contributed by atoms with van der Waals surface area (Å²) in [5, 5.41) is 19.9. The van der Waals surface area contributed by atoms with Gasteiger partial charge in [-0.05, 0) is 55.1 Å². The van der Waals surface area contributed by atoms with Crippen LogP contribution in [0.15, 0.2) is 24.3 Å². The van der Waals surface area contributed by atoms with E-state index >= 15 is 0 Å². The Morgan fingerprint density at radius 1 is 1.16 bits per heavy atom. The van der Waals surface area contributed by atoms with Crippen LogP contribution in [0.4, 0.5) is 0 Å². The molecule has 0 radical (unpaired) electrons. The van der Waals surface area contributed by atoms with Crippen LogP contribution in [-0.4, -0.2) is 21.8 Å². The Hall–Kier alpha value is -1.35. The van der Waals surface area contributed by atoms with E-state index in [4.69, 9.17) is 5.11 Å². The van der Waals surface area contributed by atoms with Gasteiger partial charge in [0.1, 0.15) is 0 Å². The van der Waals surface area contributed by atoms with Crippen molar-refractivity contribution in [2.75, 3.05) is 0 Å². The van der Waals surface area contributed by atoms with Gasteiger partial charge in [0, 0.05) is 6.42 Å². The van der Waals surface area contributed by atoms with Gasteiger partial charge in [0.2, 0.25) is 0 Å². The van der Waals surface area contributed by atoms with Crippen LogP contribution in [0, 0.1) is 11.8 Å². The van der Waals surface area contributed by atoms with Gasteiger partial charge in [-0.3, -0.25) is 4.79 Å². The molecule has 2 aliphatic rings. The smallest absolute Gasteiger partial charge is 0.303 e. The van der Waals surface area contributed by atoms with Crippen molar-refractivity contribution in [2.45, 2.75) is 44.1 Å². The Balaban J connectivity index is 1.88. The molecule has 3 nitrogen and oxygen atoms in total. The van der Waals surface area contributed by atoms with Crippen molar-refractivity contribution in [2.24, 2.45) is 11.8 Å². The fourth-order valence-electron chi connectivity index (χ4n) is 4.00. The van der Waals surface area contributed by atoms with E-state index in [1.165, 1.54) is 11.1 Å². The summed E-state index contributed by atoms with van der Waals surface area (Å²) in [6.07, 6.45) is 4.29. The third-order valence-electron chi connectivity index (χ3n) is 5.07. The van der Waals surface area contributed by atoms with Crippen LogP contribution in [0.3, 0.4) is 0 Å². The molecule has 0 aromatic heterocycles. The highest BCUT2D eigenvalue weighted by Crippen LogP contribution is 2.49. The Morgan fingerprint density at radius 2 is 1.68 bits per heavy atom. The third-order valence-corrected chi connectivity index (χ3v) is 5.07. The molecule has 0 amide bonds. The molecule has 1 saturated carbocycles. The molecular formula is C16H20O3. The number of benzene rings is 1. The Bertz CT molecular complexity index is 462. The van der Waals surface area contributed by atoms with Crippen LogP contribution in [0.25, 0.3) is 0 Å². The summed E-state index contributed by atoms with van der Waals surface area (Å²) in [6.45, 7) is 0. The molecule has 2 bridgehead atoms. The molecule has 1 aromatic carbocycles. The summed E-state index contributed by atoms with van der Waals surface area (Å²) in [5.41, 5.74) is 1.89. The van der Waals surface area contributed by atoms with Crippen LogP contribution >= 0.6 is 0 Å². The van der Waals surface area contributed by atoms with E-state index in [1.807, 2.05) is 12.1 Å². The molecule has 2 unspecified atom stereocenters. The summed E-state index contributed by atoms with van der Waals surface area (Å²) >= 11 is 0. The Labute approximate surface area is 113 Å². The topological polar surface area (TPSA) is 57.5 Å². The first-order valence-corrected chi connectivity index (χ1v) is 7.10. The third kappa shape index (κ3) is 2.16. The normalized spacial score (nSPS) is 32.7. The van der Waals surface area contributed by atoms with E-state index in [-0.39, 0.29) is 18.3 Å². The van der Waals surface area contributed by atoms with Gasteiger partial charge in [-0.2, -0.15) is 0 Å². The fraction of sp³-hybridized carbons (Fsp3) is 0.562. The number of hydrogen-bond donors (Lipinski definition) is 2. The zero-order valence-electron chi connectivity index (χ0n) is 11.0. The largest absolute Gasteiger partial charge is 0.481 e. The first kappa shape index (κ1) is 12.7. The average Bonchev–Trinajstić information content (AvgIpc) is 2.59. The standard InChI is InChI=1S/C16H20O3/c17-15(18)7-8-16(19)13-5-6-14(16)10-12-4-2-1-3-11(12)9-13/h1-4,13-14,19H,5-10H2,(H,17,18). The van der Waals surface area contributed by atoms with Gasteiger partial charge in [-0.25, -0.2) is 0 Å². The summed E-state index contributed by atoms with van der Waals surface area (Å²) in [5.74, 6) is -0.365. The molecule has 102 valence electrons. The number of carboxylic acids is 1. The Morgan fingerprint density at radius 3 is 2.16 bits per heavy atom. The van der Waals surface area contributed by atoms with Gasteiger partial charge >= 0.3 is 5.97 Å². The van der Waals surface area contributed by atoms with Crippen molar-refractivity contribution < 1.29 is 15.0 Å². The first-order chi connectivity index (χ1) is 9.09. The molecule has 0 saturated heterocycles. The highest BCUT2D eigenvalue weighted by Gasteiger charge is 2.50. The zero-order chi connectivity index (χ0) is 13.5. The predicted molar refractivity (Wildman–Crippen MR) is 71.9 cm³/mol. The lowest BCUT2D eigenvalue weighted by Gasteiger charge is -2.33. The second-order valence-corrected chi connectivity index (χ2v) is 6.03. The van der Waals surface area contributed by atoms with Crippen molar-refractivity contribution in [3.63, 3.8) is 0 Å². The molecular weight excluding hydrogens is 240 g/mol. The number of hydrogen-bond acceptors (Lipinski definition) is 2. The number of fused-ring (bicyclic) bond motifs is 3. The maximum absolute atomic E-state index is 11.0. The summed E-state index contributed by atoms with van der Waals surface area (Å²) in [4.78, 5) is 10.8. The van der Waals surface area contributed by atoms with Crippen molar-refractivity contribution in [1.82, 2.24) is 0 Å². The van der Waals surface area contributed by atoms with E-state index in [2.05, 4.69) is 12.1 Å². The maximum atomic E-state index is 11.0. The van der Waals surface area contributed by atoms with E-state index in [9.17, 15) is 9.90 Å². The SMILES string of the molecule is O=C(O)CCC1(O)C2CCC1Cc1ccccc1C2. The lowest BCUT2D eigenvalue weighted by Crippen LogP contribution is -2.40. The highest BCUT2D eigenvalue weighted by atomic mass is 16.4. The Kier molecular flexibility index (Phi) is 3.09. The van der Waals surface area contributed by atoms with E-state index in [0.717, 1.165) is 25.7 Å². The van der Waals surface area contributed by atoms with Gasteiger partial charge in [-0.15, -0.1) is 0 Å².